The summed E-state index contributed by atoms with van der Waals surface area (Å²) in [7, 11) is 1.69. The van der Waals surface area contributed by atoms with Crippen molar-refractivity contribution in [2.75, 3.05) is 13.1 Å². The van der Waals surface area contributed by atoms with Crippen molar-refractivity contribution in [2.24, 2.45) is 13.0 Å². The van der Waals surface area contributed by atoms with Gasteiger partial charge in [0.25, 0.3) is 5.56 Å². The molecule has 0 bridgehead atoms. The van der Waals surface area contributed by atoms with Gasteiger partial charge in [-0.1, -0.05) is 6.07 Å². The highest BCUT2D eigenvalue weighted by atomic mass is 19.2. The Labute approximate surface area is 198 Å². The van der Waals surface area contributed by atoms with E-state index in [1.54, 1.807) is 30.3 Å². The van der Waals surface area contributed by atoms with Crippen LogP contribution in [-0.4, -0.2) is 34.5 Å². The monoisotopic (exact) mass is 468 g/mol. The number of aromatic nitrogens is 1. The summed E-state index contributed by atoms with van der Waals surface area (Å²) >= 11 is 0. The summed E-state index contributed by atoms with van der Waals surface area (Å²) in [5, 5.41) is 12.0. The van der Waals surface area contributed by atoms with Crippen molar-refractivity contribution in [1.82, 2.24) is 14.8 Å². The minimum Gasteiger partial charge on any atom is -0.335 e. The van der Waals surface area contributed by atoms with Crippen LogP contribution in [0.15, 0.2) is 35.3 Å². The zero-order valence-corrected chi connectivity index (χ0v) is 19.4. The zero-order chi connectivity index (χ0) is 24.2. The first-order valence-electron chi connectivity index (χ1n) is 11.9. The molecule has 0 radical (unpaired) electrons. The number of pyridine rings is 1. The maximum absolute atomic E-state index is 14.7. The summed E-state index contributed by atoms with van der Waals surface area (Å²) in [5.41, 5.74) is 1.52. The maximum atomic E-state index is 14.7. The van der Waals surface area contributed by atoms with Gasteiger partial charge in [-0.15, -0.1) is 0 Å². The minimum atomic E-state index is -0.926. The largest absolute Gasteiger partial charge is 0.335 e. The molecule has 1 N–H and O–H groups in total. The Morgan fingerprint density at radius 1 is 1.26 bits per heavy atom. The van der Waals surface area contributed by atoms with Crippen LogP contribution in [-0.2, 0) is 24.8 Å². The molecule has 1 aliphatic heterocycles. The van der Waals surface area contributed by atoms with Gasteiger partial charge >= 0.3 is 0 Å². The van der Waals surface area contributed by atoms with Gasteiger partial charge in [-0.3, -0.25) is 9.59 Å². The lowest BCUT2D eigenvalue weighted by molar-refractivity contribution is -0.138. The van der Waals surface area contributed by atoms with Gasteiger partial charge in [-0.2, -0.15) is 5.26 Å². The van der Waals surface area contributed by atoms with E-state index in [1.807, 2.05) is 6.07 Å². The average molecular weight is 469 g/mol. The van der Waals surface area contributed by atoms with Gasteiger partial charge in [-0.25, -0.2) is 8.78 Å². The number of halogens is 2. The Morgan fingerprint density at radius 2 is 2.06 bits per heavy atom. The molecule has 180 valence electrons. The topological polar surface area (TPSA) is 78.1 Å². The van der Waals surface area contributed by atoms with E-state index in [9.17, 15) is 18.4 Å². The van der Waals surface area contributed by atoms with E-state index in [4.69, 9.17) is 5.26 Å². The predicted octanol–water partition coefficient (Wildman–Crippen LogP) is 3.39. The molecule has 4 rings (SSSR count). The van der Waals surface area contributed by atoms with Crippen LogP contribution in [0.1, 0.15) is 54.7 Å². The van der Waals surface area contributed by atoms with Crippen LogP contribution in [0, 0.1) is 28.9 Å². The quantitative estimate of drug-likeness (QED) is 0.603. The highest BCUT2D eigenvalue weighted by Crippen LogP contribution is 2.36. The predicted molar refractivity (Wildman–Crippen MR) is 124 cm³/mol. The molecule has 1 saturated carbocycles. The smallest absolute Gasteiger partial charge is 0.250 e. The Morgan fingerprint density at radius 3 is 2.76 bits per heavy atom. The van der Waals surface area contributed by atoms with Crippen LogP contribution >= 0.6 is 0 Å². The molecule has 1 aromatic carbocycles. The number of rotatable bonds is 8. The zero-order valence-electron chi connectivity index (χ0n) is 19.4. The minimum absolute atomic E-state index is 0.0120. The first kappa shape index (κ1) is 24.1. The van der Waals surface area contributed by atoms with Crippen LogP contribution in [0.4, 0.5) is 8.78 Å². The molecule has 1 aliphatic carbocycles. The number of carbonyl (C=O) groups is 1. The van der Waals surface area contributed by atoms with Gasteiger partial charge in [0.05, 0.1) is 12.0 Å². The average Bonchev–Trinajstić information content (AvgIpc) is 3.67. The Balaban J connectivity index is 1.58. The Bertz CT molecular complexity index is 1150. The van der Waals surface area contributed by atoms with Crippen molar-refractivity contribution in [3.8, 4) is 6.07 Å². The van der Waals surface area contributed by atoms with E-state index >= 15 is 0 Å². The highest BCUT2D eigenvalue weighted by molar-refractivity contribution is 5.81. The number of nitrogens with one attached hydrogen (secondary N) is 1. The summed E-state index contributed by atoms with van der Waals surface area (Å²) < 4.78 is 30.6. The maximum Gasteiger partial charge on any atom is 0.250 e. The summed E-state index contributed by atoms with van der Waals surface area (Å²) in [6.07, 6.45) is 5.52. The first-order valence-corrected chi connectivity index (χ1v) is 11.9. The van der Waals surface area contributed by atoms with Crippen LogP contribution < -0.4 is 10.9 Å². The lowest BCUT2D eigenvalue weighted by Crippen LogP contribution is -2.47. The molecule has 2 atom stereocenters. The van der Waals surface area contributed by atoms with Crippen molar-refractivity contribution < 1.29 is 13.6 Å². The molecule has 2 aromatic rings. The number of amides is 1. The summed E-state index contributed by atoms with van der Waals surface area (Å²) in [6.45, 7) is 1.24. The summed E-state index contributed by atoms with van der Waals surface area (Å²) in [4.78, 5) is 27.7. The molecule has 34 heavy (non-hydrogen) atoms. The fourth-order valence-electron chi connectivity index (χ4n) is 4.82. The van der Waals surface area contributed by atoms with Crippen LogP contribution in [0.5, 0.6) is 0 Å². The molecule has 8 heteroatoms. The highest BCUT2D eigenvalue weighted by Gasteiger charge is 2.40. The van der Waals surface area contributed by atoms with E-state index in [2.05, 4.69) is 11.4 Å². The van der Waals surface area contributed by atoms with Gasteiger partial charge in [0, 0.05) is 50.4 Å². The van der Waals surface area contributed by atoms with Crippen molar-refractivity contribution in [1.29, 1.82) is 5.26 Å². The lowest BCUT2D eigenvalue weighted by Gasteiger charge is -2.36. The number of nitriles is 1. The number of piperidine rings is 1. The third-order valence-electron chi connectivity index (χ3n) is 6.88. The van der Waals surface area contributed by atoms with E-state index in [-0.39, 0.29) is 41.5 Å². The van der Waals surface area contributed by atoms with E-state index in [0.717, 1.165) is 31.4 Å². The lowest BCUT2D eigenvalue weighted by atomic mass is 9.80. The number of benzene rings is 1. The summed E-state index contributed by atoms with van der Waals surface area (Å²) in [5.74, 6) is -2.43. The van der Waals surface area contributed by atoms with Gasteiger partial charge in [0.15, 0.2) is 11.6 Å². The molecule has 2 heterocycles. The third kappa shape index (κ3) is 5.36. The van der Waals surface area contributed by atoms with Gasteiger partial charge in [0.2, 0.25) is 5.91 Å². The Hall–Kier alpha value is -3.05. The molecule has 1 saturated heterocycles. The fraction of sp³-hybridized carbons (Fsp3) is 0.500. The molecular formula is C26H30F2N4O2. The number of aryl methyl sites for hydroxylation is 2. The molecular weight excluding hydrogens is 438 g/mol. The molecule has 2 aliphatic rings. The molecule has 2 fully saturated rings. The third-order valence-corrected chi connectivity index (χ3v) is 6.88. The van der Waals surface area contributed by atoms with Crippen molar-refractivity contribution in [3.63, 3.8) is 0 Å². The summed E-state index contributed by atoms with van der Waals surface area (Å²) in [6, 6.07) is 8.36. The molecule has 0 spiro atoms. The molecule has 1 amide bonds. The number of unbranched alkanes of at least 4 members (excludes halogenated alkanes) is 1. The van der Waals surface area contributed by atoms with Crippen molar-refractivity contribution in [3.05, 3.63) is 69.1 Å². The number of nitrogens with zero attached hydrogens (tertiary/aromatic N) is 3. The van der Waals surface area contributed by atoms with E-state index in [1.165, 1.54) is 10.6 Å². The Kier molecular flexibility index (Phi) is 7.42. The van der Waals surface area contributed by atoms with Crippen LogP contribution in [0.3, 0.4) is 0 Å². The standard InChI is InChI=1S/C26H30F2N4O2/c1-31-11-8-18(14-24(31)33)21-7-10-30-15-22(21)26(34)32(20-5-6-20)16-19-12-17(4-2-3-9-29)13-23(27)25(19)28/h8,11-14,20-22,30H,2-7,10,15-16H2,1H3. The molecule has 2 unspecified atom stereocenters. The van der Waals surface area contributed by atoms with Crippen molar-refractivity contribution >= 4 is 5.91 Å². The second-order valence-corrected chi connectivity index (χ2v) is 9.37. The normalized spacial score (nSPS) is 20.1. The molecule has 6 nitrogen and oxygen atoms in total. The SMILES string of the molecule is Cn1ccc(C2CCNCC2C(=O)N(Cc2cc(CCCC#N)cc(F)c2F)C2CC2)cc1=O. The van der Waals surface area contributed by atoms with E-state index < -0.39 is 11.6 Å². The van der Waals surface area contributed by atoms with Gasteiger partial charge in [0.1, 0.15) is 0 Å². The van der Waals surface area contributed by atoms with Crippen molar-refractivity contribution in [2.45, 2.75) is 57.0 Å². The fourth-order valence-corrected chi connectivity index (χ4v) is 4.82. The van der Waals surface area contributed by atoms with Crippen LogP contribution in [0.25, 0.3) is 0 Å². The molecule has 1 aromatic heterocycles. The number of hydrogen-bond donors (Lipinski definition) is 1. The number of hydrogen-bond acceptors (Lipinski definition) is 4. The first-order chi connectivity index (χ1) is 16.4. The van der Waals surface area contributed by atoms with Gasteiger partial charge in [-0.05, 0) is 67.8 Å². The van der Waals surface area contributed by atoms with E-state index in [0.29, 0.717) is 31.4 Å². The second kappa shape index (κ2) is 10.5. The van der Waals surface area contributed by atoms with Gasteiger partial charge < -0.3 is 14.8 Å². The second-order valence-electron chi connectivity index (χ2n) is 9.37. The van der Waals surface area contributed by atoms with Crippen LogP contribution in [0.2, 0.25) is 0 Å². The number of carbonyl (C=O) groups excluding carboxylic acids is 1.